The van der Waals surface area contributed by atoms with Gasteiger partial charge in [-0.25, -0.2) is 13.2 Å². The molecule has 1 amide bonds. The van der Waals surface area contributed by atoms with Crippen molar-refractivity contribution in [3.05, 3.63) is 28.7 Å². The Balaban J connectivity index is 2.03. The van der Waals surface area contributed by atoms with Gasteiger partial charge in [-0.1, -0.05) is 22.0 Å². The van der Waals surface area contributed by atoms with Crippen LogP contribution in [0.3, 0.4) is 0 Å². The Kier molecular flexibility index (Phi) is 5.96. The van der Waals surface area contributed by atoms with Gasteiger partial charge in [0.1, 0.15) is 5.60 Å². The Hall–Kier alpha value is -1.08. The molecular formula is C17H24BrNO4S. The fourth-order valence-electron chi connectivity index (χ4n) is 2.76. The molecule has 1 aromatic rings. The van der Waals surface area contributed by atoms with E-state index in [0.717, 1.165) is 17.3 Å². The number of carbonyl (C=O) groups excluding carboxylic acids is 1. The molecule has 134 valence electrons. The second-order valence-corrected chi connectivity index (χ2v) is 10.1. The fourth-order valence-corrected chi connectivity index (χ4v) is 4.99. The summed E-state index contributed by atoms with van der Waals surface area (Å²) in [6.07, 6.45) is 1.22. The minimum absolute atomic E-state index is 0.0444. The van der Waals surface area contributed by atoms with Gasteiger partial charge >= 0.3 is 6.09 Å². The van der Waals surface area contributed by atoms with Gasteiger partial charge in [-0.05, 0) is 57.7 Å². The van der Waals surface area contributed by atoms with Gasteiger partial charge in [-0.15, -0.1) is 0 Å². The first-order chi connectivity index (χ1) is 11.1. The van der Waals surface area contributed by atoms with Gasteiger partial charge < -0.3 is 9.64 Å². The number of carbonyl (C=O) groups is 1. The molecule has 0 aromatic heterocycles. The maximum Gasteiger partial charge on any atom is 0.410 e. The van der Waals surface area contributed by atoms with Crippen LogP contribution in [0.5, 0.6) is 0 Å². The summed E-state index contributed by atoms with van der Waals surface area (Å²) in [6.45, 7) is 6.50. The summed E-state index contributed by atoms with van der Waals surface area (Å²) in [7, 11) is -3.38. The van der Waals surface area contributed by atoms with Crippen LogP contribution in [0.25, 0.3) is 0 Å². The zero-order valence-corrected chi connectivity index (χ0v) is 16.7. The first-order valence-electron chi connectivity index (χ1n) is 8.03. The second-order valence-electron chi connectivity index (χ2n) is 7.17. The number of nitrogens with zero attached hydrogens (tertiary/aromatic N) is 1. The molecule has 7 heteroatoms. The van der Waals surface area contributed by atoms with Gasteiger partial charge in [0.15, 0.2) is 9.84 Å². The van der Waals surface area contributed by atoms with E-state index in [1.165, 1.54) is 0 Å². The Morgan fingerprint density at radius 1 is 1.38 bits per heavy atom. The number of hydrogen-bond donors (Lipinski definition) is 0. The third-order valence-corrected chi connectivity index (χ3v) is 6.16. The summed E-state index contributed by atoms with van der Waals surface area (Å²) in [5, 5.41) is 0. The summed E-state index contributed by atoms with van der Waals surface area (Å²) in [5.41, 5.74) is -0.549. The van der Waals surface area contributed by atoms with Crippen molar-refractivity contribution < 1.29 is 17.9 Å². The molecule has 1 aliphatic rings. The van der Waals surface area contributed by atoms with Crippen LogP contribution >= 0.6 is 15.9 Å². The van der Waals surface area contributed by atoms with Crippen molar-refractivity contribution in [2.45, 2.75) is 44.1 Å². The standard InChI is InChI=1S/C17H24BrNO4S/c1-17(2,3)23-16(20)19-9-5-6-13(11-19)12-24(21,22)15-8-4-7-14(18)10-15/h4,7-8,10,13H,5-6,9,11-12H2,1-3H3/t13-/m0/s1. The third kappa shape index (κ3) is 5.48. The molecule has 0 aliphatic carbocycles. The van der Waals surface area contributed by atoms with E-state index in [1.54, 1.807) is 29.2 Å². The number of likely N-dealkylation sites (tertiary alicyclic amines) is 1. The lowest BCUT2D eigenvalue weighted by Gasteiger charge is -2.34. The molecular weight excluding hydrogens is 394 g/mol. The predicted octanol–water partition coefficient (Wildman–Crippen LogP) is 3.87. The van der Waals surface area contributed by atoms with Gasteiger partial charge in [-0.2, -0.15) is 0 Å². The van der Waals surface area contributed by atoms with E-state index in [9.17, 15) is 13.2 Å². The first-order valence-corrected chi connectivity index (χ1v) is 10.5. The van der Waals surface area contributed by atoms with Gasteiger partial charge in [0.25, 0.3) is 0 Å². The number of piperidine rings is 1. The summed E-state index contributed by atoms with van der Waals surface area (Å²) in [6, 6.07) is 6.73. The van der Waals surface area contributed by atoms with Gasteiger partial charge in [0.2, 0.25) is 0 Å². The summed E-state index contributed by atoms with van der Waals surface area (Å²) in [4.78, 5) is 14.1. The fraction of sp³-hybridized carbons (Fsp3) is 0.588. The Labute approximate surface area is 152 Å². The quantitative estimate of drug-likeness (QED) is 0.748. The Morgan fingerprint density at radius 3 is 2.71 bits per heavy atom. The summed E-state index contributed by atoms with van der Waals surface area (Å²) >= 11 is 3.30. The molecule has 1 fully saturated rings. The maximum atomic E-state index is 12.6. The number of rotatable bonds is 3. The highest BCUT2D eigenvalue weighted by Gasteiger charge is 2.30. The molecule has 1 heterocycles. The van der Waals surface area contributed by atoms with Crippen LogP contribution in [0.15, 0.2) is 33.6 Å². The van der Waals surface area contributed by atoms with Crippen molar-refractivity contribution in [3.63, 3.8) is 0 Å². The number of ether oxygens (including phenoxy) is 1. The van der Waals surface area contributed by atoms with Crippen molar-refractivity contribution in [2.75, 3.05) is 18.8 Å². The van der Waals surface area contributed by atoms with Crippen LogP contribution < -0.4 is 0 Å². The van der Waals surface area contributed by atoms with Crippen LogP contribution in [0.1, 0.15) is 33.6 Å². The van der Waals surface area contributed by atoms with Crippen molar-refractivity contribution >= 4 is 31.9 Å². The van der Waals surface area contributed by atoms with Crippen LogP contribution in [-0.4, -0.2) is 43.9 Å². The highest BCUT2D eigenvalue weighted by atomic mass is 79.9. The molecule has 0 spiro atoms. The largest absolute Gasteiger partial charge is 0.444 e. The highest BCUT2D eigenvalue weighted by molar-refractivity contribution is 9.10. The van der Waals surface area contributed by atoms with Gasteiger partial charge in [0, 0.05) is 17.6 Å². The smallest absolute Gasteiger partial charge is 0.410 e. The molecule has 1 aromatic carbocycles. The van der Waals surface area contributed by atoms with E-state index in [0.29, 0.717) is 18.0 Å². The molecule has 0 N–H and O–H groups in total. The SMILES string of the molecule is CC(C)(C)OC(=O)N1CCC[C@H](CS(=O)(=O)c2cccc(Br)c2)C1. The topological polar surface area (TPSA) is 63.7 Å². The van der Waals surface area contributed by atoms with Crippen molar-refractivity contribution in [1.82, 2.24) is 4.90 Å². The molecule has 5 nitrogen and oxygen atoms in total. The van der Waals surface area contributed by atoms with E-state index in [4.69, 9.17) is 4.74 Å². The average molecular weight is 418 g/mol. The molecule has 1 saturated heterocycles. The predicted molar refractivity (Wildman–Crippen MR) is 96.7 cm³/mol. The zero-order valence-electron chi connectivity index (χ0n) is 14.3. The Morgan fingerprint density at radius 2 is 2.08 bits per heavy atom. The molecule has 0 bridgehead atoms. The zero-order chi connectivity index (χ0) is 18.0. The van der Waals surface area contributed by atoms with Crippen LogP contribution in [0, 0.1) is 5.92 Å². The first kappa shape index (κ1) is 19.2. The van der Waals surface area contributed by atoms with Crippen LogP contribution in [-0.2, 0) is 14.6 Å². The van der Waals surface area contributed by atoms with Crippen LogP contribution in [0.4, 0.5) is 4.79 Å². The number of hydrogen-bond acceptors (Lipinski definition) is 4. The second kappa shape index (κ2) is 7.44. The number of halogens is 1. The van der Waals surface area contributed by atoms with Gasteiger partial charge in [0.05, 0.1) is 10.6 Å². The van der Waals surface area contributed by atoms with E-state index < -0.39 is 15.4 Å². The molecule has 24 heavy (non-hydrogen) atoms. The molecule has 2 rings (SSSR count). The monoisotopic (exact) mass is 417 g/mol. The lowest BCUT2D eigenvalue weighted by Crippen LogP contribution is -2.44. The normalized spacial score (nSPS) is 19.2. The van der Waals surface area contributed by atoms with E-state index in [2.05, 4.69) is 15.9 Å². The minimum atomic E-state index is -3.38. The molecule has 0 radical (unpaired) electrons. The average Bonchev–Trinajstić information content (AvgIpc) is 2.45. The number of sulfone groups is 1. The molecule has 0 unspecified atom stereocenters. The number of benzene rings is 1. The highest BCUT2D eigenvalue weighted by Crippen LogP contribution is 2.24. The third-order valence-electron chi connectivity index (χ3n) is 3.78. The minimum Gasteiger partial charge on any atom is -0.444 e. The lowest BCUT2D eigenvalue weighted by atomic mass is 10.0. The van der Waals surface area contributed by atoms with E-state index >= 15 is 0 Å². The van der Waals surface area contributed by atoms with Crippen LogP contribution in [0.2, 0.25) is 0 Å². The summed E-state index contributed by atoms with van der Waals surface area (Å²) < 4.78 is 31.3. The molecule has 1 aliphatic heterocycles. The molecule has 0 saturated carbocycles. The van der Waals surface area contributed by atoms with Crippen molar-refractivity contribution in [1.29, 1.82) is 0 Å². The van der Waals surface area contributed by atoms with Gasteiger partial charge in [-0.3, -0.25) is 0 Å². The van der Waals surface area contributed by atoms with Crippen molar-refractivity contribution in [2.24, 2.45) is 5.92 Å². The summed E-state index contributed by atoms with van der Waals surface area (Å²) in [5.74, 6) is -0.0294. The Bertz CT molecular complexity index is 697. The molecule has 1 atom stereocenters. The van der Waals surface area contributed by atoms with E-state index in [1.807, 2.05) is 20.8 Å². The van der Waals surface area contributed by atoms with E-state index in [-0.39, 0.29) is 17.8 Å². The maximum absolute atomic E-state index is 12.6. The number of amides is 1. The lowest BCUT2D eigenvalue weighted by molar-refractivity contribution is 0.0176. The van der Waals surface area contributed by atoms with Crippen molar-refractivity contribution in [3.8, 4) is 0 Å².